The van der Waals surface area contributed by atoms with Crippen LogP contribution in [0, 0.1) is 10.1 Å². The fourth-order valence-corrected chi connectivity index (χ4v) is 0. The Hall–Kier alpha value is -1.28. The Kier molecular flexibility index (Phi) is 43900. The van der Waals surface area contributed by atoms with E-state index in [1.54, 1.807) is 0 Å². The quantitative estimate of drug-likeness (QED) is 0.333. The lowest BCUT2D eigenvalue weighted by molar-refractivity contribution is -0.742. The summed E-state index contributed by atoms with van der Waals surface area (Å²) in [4.78, 5) is 8.36. The molecule has 0 rings (SSSR count). The average molecular weight is 279 g/mol. The van der Waals surface area contributed by atoms with Crippen molar-refractivity contribution < 1.29 is 76.0 Å². The van der Waals surface area contributed by atoms with Crippen LogP contribution in [0.15, 0.2) is 0 Å². The summed E-state index contributed by atoms with van der Waals surface area (Å²) in [6, 6.07) is 0. The highest BCUT2D eigenvalue weighted by molar-refractivity contribution is 3.83. The summed E-state index contributed by atoms with van der Waals surface area (Å²) in [7, 11) is 0. The zero-order chi connectivity index (χ0) is 3.58. The van der Waals surface area contributed by atoms with Gasteiger partial charge in [-0.25, -0.2) is 0 Å². The van der Waals surface area contributed by atoms with Crippen molar-refractivity contribution in [3.05, 3.63) is 10.1 Å². The van der Waals surface area contributed by atoms with Gasteiger partial charge in [0.1, 0.15) is 0 Å². The number of hydrogen-bond acceptors (Lipinski definition) is 2. The molecule has 120 valence electrons. The fourth-order valence-electron chi connectivity index (χ4n) is 0. The molecule has 0 saturated heterocycles. The van der Waals surface area contributed by atoms with E-state index in [0.29, 0.717) is 0 Å². The molecule has 0 atom stereocenters. The molecule has 16 heavy (non-hydrogen) atoms. The molecule has 0 bridgehead atoms. The zero-order valence-electron chi connectivity index (χ0n) is 7.71. The van der Waals surface area contributed by atoms with Gasteiger partial charge in [0.2, 0.25) is 0 Å². The van der Waals surface area contributed by atoms with Crippen molar-refractivity contribution in [3.8, 4) is 0 Å². The average Bonchev–Trinajstić information content (AvgIpc) is 0.811. The minimum atomic E-state index is -1.50. The number of rotatable bonds is 0. The van der Waals surface area contributed by atoms with E-state index < -0.39 is 5.09 Å². The van der Waals surface area contributed by atoms with Gasteiger partial charge in [-0.05, 0) is 0 Å². The summed E-state index contributed by atoms with van der Waals surface area (Å²) in [5.74, 6) is 0. The predicted molar refractivity (Wildman–Crippen MR) is 52.1 cm³/mol. The van der Waals surface area contributed by atoms with E-state index in [4.69, 9.17) is 15.3 Å². The SMILES string of the molecule is O.O.O.O.O.O.O.O.O.O.O.O.O=[N+]([O-])O. The van der Waals surface area contributed by atoms with Gasteiger partial charge in [0.25, 0.3) is 5.09 Å². The normalized spacial score (nSPS) is 1.50. The largest absolute Gasteiger partial charge is 0.412 e. The lowest BCUT2D eigenvalue weighted by atomic mass is 13.1. The van der Waals surface area contributed by atoms with Crippen LogP contribution in [0.4, 0.5) is 0 Å². The zero-order valence-corrected chi connectivity index (χ0v) is 7.71. The van der Waals surface area contributed by atoms with E-state index in [0.717, 1.165) is 0 Å². The van der Waals surface area contributed by atoms with Crippen molar-refractivity contribution in [1.29, 1.82) is 0 Å². The molecule has 16 heteroatoms. The lowest BCUT2D eigenvalue weighted by Gasteiger charge is -1.56. The molecular formula is H25NO15. The van der Waals surface area contributed by atoms with E-state index >= 15 is 0 Å². The first-order valence-corrected chi connectivity index (χ1v) is 0.565. The van der Waals surface area contributed by atoms with Crippen molar-refractivity contribution in [2.45, 2.75) is 0 Å². The Morgan fingerprint density at radius 1 is 0.562 bits per heavy atom. The topological polar surface area (TPSA) is 441 Å². The lowest BCUT2D eigenvalue weighted by Crippen LogP contribution is -1.81. The Balaban J connectivity index is -0.000000000682. The van der Waals surface area contributed by atoms with Crippen LogP contribution < -0.4 is 0 Å². The Morgan fingerprint density at radius 3 is 0.562 bits per heavy atom. The molecule has 25 N–H and O–H groups in total. The second kappa shape index (κ2) is 750. The van der Waals surface area contributed by atoms with Crippen LogP contribution >= 0.6 is 0 Å². The summed E-state index contributed by atoms with van der Waals surface area (Å²) in [6.45, 7) is 0. The van der Waals surface area contributed by atoms with Crippen LogP contribution in [-0.2, 0) is 0 Å². The van der Waals surface area contributed by atoms with Crippen LogP contribution in [0.2, 0.25) is 0 Å². The third kappa shape index (κ3) is 1070. The van der Waals surface area contributed by atoms with E-state index in [1.807, 2.05) is 0 Å². The predicted octanol–water partition coefficient (Wildman–Crippen LogP) is -10.2. The maximum Gasteiger partial charge on any atom is 0.291 e. The summed E-state index contributed by atoms with van der Waals surface area (Å²) in [5, 5.41) is 13.6. The van der Waals surface area contributed by atoms with Crippen molar-refractivity contribution in [2.24, 2.45) is 0 Å². The van der Waals surface area contributed by atoms with Gasteiger partial charge in [-0.2, -0.15) is 0 Å². The van der Waals surface area contributed by atoms with Crippen molar-refractivity contribution in [3.63, 3.8) is 0 Å². The molecule has 16 nitrogen and oxygen atoms in total. The number of nitrogens with zero attached hydrogens (tertiary/aromatic N) is 1. The van der Waals surface area contributed by atoms with E-state index in [-0.39, 0.29) is 65.7 Å². The van der Waals surface area contributed by atoms with Crippen molar-refractivity contribution in [1.82, 2.24) is 0 Å². The molecule has 0 heterocycles. The highest BCUT2D eigenvalue weighted by Gasteiger charge is 1.65. The van der Waals surface area contributed by atoms with Gasteiger partial charge in [-0.15, -0.1) is 10.1 Å². The monoisotopic (exact) mass is 279 g/mol. The Morgan fingerprint density at radius 2 is 0.562 bits per heavy atom. The molecule has 0 aromatic heterocycles. The summed E-state index contributed by atoms with van der Waals surface area (Å²) >= 11 is 0. The minimum Gasteiger partial charge on any atom is -0.412 e. The minimum absolute atomic E-state index is 0. The highest BCUT2D eigenvalue weighted by Crippen LogP contribution is 1.38. The highest BCUT2D eigenvalue weighted by atomic mass is 16.9. The van der Waals surface area contributed by atoms with E-state index in [9.17, 15) is 0 Å². The molecular weight excluding hydrogens is 254 g/mol. The van der Waals surface area contributed by atoms with Crippen LogP contribution in [0.1, 0.15) is 0 Å². The second-order valence-corrected chi connectivity index (χ2v) is 0.238. The van der Waals surface area contributed by atoms with Gasteiger partial charge in [0, 0.05) is 0 Å². The first-order chi connectivity index (χ1) is 1.73. The van der Waals surface area contributed by atoms with Crippen LogP contribution in [-0.4, -0.2) is 76.0 Å². The van der Waals surface area contributed by atoms with Gasteiger partial charge in [0.05, 0.1) is 0 Å². The van der Waals surface area contributed by atoms with Crippen LogP contribution in [0.25, 0.3) is 0 Å². The van der Waals surface area contributed by atoms with Crippen LogP contribution in [0.3, 0.4) is 0 Å². The van der Waals surface area contributed by atoms with E-state index in [2.05, 4.69) is 0 Å². The third-order valence-corrected chi connectivity index (χ3v) is 0. The summed E-state index contributed by atoms with van der Waals surface area (Å²) < 4.78 is 0. The summed E-state index contributed by atoms with van der Waals surface area (Å²) in [5.41, 5.74) is 0. The van der Waals surface area contributed by atoms with Gasteiger partial charge >= 0.3 is 0 Å². The maximum atomic E-state index is 8.36. The molecule has 0 amide bonds. The fraction of sp³-hybridized carbons (Fsp3) is 0. The van der Waals surface area contributed by atoms with Gasteiger partial charge in [-0.3, -0.25) is 0 Å². The molecule has 0 unspecified atom stereocenters. The van der Waals surface area contributed by atoms with Gasteiger partial charge < -0.3 is 70.9 Å². The molecule has 0 aliphatic heterocycles. The Labute approximate surface area is 87.5 Å². The van der Waals surface area contributed by atoms with Crippen molar-refractivity contribution >= 4 is 0 Å². The third-order valence-electron chi connectivity index (χ3n) is 0. The van der Waals surface area contributed by atoms with E-state index in [1.165, 1.54) is 0 Å². The summed E-state index contributed by atoms with van der Waals surface area (Å²) in [6.07, 6.45) is 0. The number of hydrogen-bond donors (Lipinski definition) is 1. The molecule has 0 fully saturated rings. The van der Waals surface area contributed by atoms with Gasteiger partial charge in [-0.1, -0.05) is 0 Å². The maximum absolute atomic E-state index is 8.36. The van der Waals surface area contributed by atoms with Crippen molar-refractivity contribution in [2.75, 3.05) is 0 Å². The smallest absolute Gasteiger partial charge is 0.291 e. The Bertz CT molecular complexity index is 28.4. The molecule has 0 aromatic carbocycles. The molecule has 0 aliphatic rings. The van der Waals surface area contributed by atoms with Crippen LogP contribution in [0.5, 0.6) is 0 Å². The molecule has 0 spiro atoms. The first-order valence-electron chi connectivity index (χ1n) is 0.565. The second-order valence-electron chi connectivity index (χ2n) is 0.238. The molecule has 0 radical (unpaired) electrons. The molecule has 0 aliphatic carbocycles. The standard InChI is InChI=1S/HNO3.12H2O/c2-1(3)4;;;;;;;;;;;;/h(H,2,3,4);12*1H2. The first kappa shape index (κ1) is 937. The molecule has 0 aromatic rings. The molecule has 0 saturated carbocycles. The van der Waals surface area contributed by atoms with Gasteiger partial charge in [0.15, 0.2) is 0 Å².